The Hall–Kier alpha value is -2.04. The van der Waals surface area contributed by atoms with Crippen molar-refractivity contribution in [3.05, 3.63) is 24.3 Å². The number of likely N-dealkylation sites (tertiary alicyclic amines) is 1. The molecule has 1 N–H and O–H groups in total. The van der Waals surface area contributed by atoms with Gasteiger partial charge in [-0.05, 0) is 51.0 Å². The number of rotatable bonds is 5. The highest BCUT2D eigenvalue weighted by Gasteiger charge is 2.20. The summed E-state index contributed by atoms with van der Waals surface area (Å²) in [6, 6.07) is 7.24. The maximum atomic E-state index is 12.0. The summed E-state index contributed by atoms with van der Waals surface area (Å²) < 4.78 is 5.54. The van der Waals surface area contributed by atoms with Crippen LogP contribution in [0, 0.1) is 0 Å². The summed E-state index contributed by atoms with van der Waals surface area (Å²) in [5, 5.41) is 2.80. The maximum absolute atomic E-state index is 12.0. The van der Waals surface area contributed by atoms with Crippen LogP contribution in [0.4, 0.5) is 5.69 Å². The first-order valence-corrected chi connectivity index (χ1v) is 7.39. The Morgan fingerprint density at radius 2 is 2.00 bits per heavy atom. The van der Waals surface area contributed by atoms with Gasteiger partial charge < -0.3 is 15.0 Å². The summed E-state index contributed by atoms with van der Waals surface area (Å²) in [6.45, 7) is 4.73. The second kappa shape index (κ2) is 7.11. The molecule has 1 saturated heterocycles. The smallest absolute Gasteiger partial charge is 0.243 e. The second-order valence-electron chi connectivity index (χ2n) is 5.51. The fourth-order valence-electron chi connectivity index (χ4n) is 2.29. The zero-order valence-electron chi connectivity index (χ0n) is 12.6. The third-order valence-electron chi connectivity index (χ3n) is 3.27. The molecule has 0 aromatic heterocycles. The largest absolute Gasteiger partial charge is 0.491 e. The quantitative estimate of drug-likeness (QED) is 0.906. The molecule has 1 aliphatic heterocycles. The summed E-state index contributed by atoms with van der Waals surface area (Å²) in [5.74, 6) is 0.675. The van der Waals surface area contributed by atoms with E-state index in [9.17, 15) is 9.59 Å². The summed E-state index contributed by atoms with van der Waals surface area (Å²) in [7, 11) is 0. The molecule has 0 atom stereocenters. The highest BCUT2D eigenvalue weighted by Crippen LogP contribution is 2.17. The van der Waals surface area contributed by atoms with Crippen molar-refractivity contribution in [2.24, 2.45) is 0 Å². The molecule has 21 heavy (non-hydrogen) atoms. The lowest BCUT2D eigenvalue weighted by molar-refractivity contribution is -0.136. The van der Waals surface area contributed by atoms with Crippen LogP contribution in [0.1, 0.15) is 33.1 Å². The van der Waals surface area contributed by atoms with Gasteiger partial charge in [-0.25, -0.2) is 0 Å². The van der Waals surface area contributed by atoms with Crippen molar-refractivity contribution in [1.82, 2.24) is 4.90 Å². The van der Waals surface area contributed by atoms with Crippen LogP contribution in [0.3, 0.4) is 0 Å². The van der Waals surface area contributed by atoms with E-state index in [1.807, 2.05) is 26.0 Å². The Morgan fingerprint density at radius 1 is 1.29 bits per heavy atom. The van der Waals surface area contributed by atoms with E-state index in [1.165, 1.54) is 0 Å². The van der Waals surface area contributed by atoms with Gasteiger partial charge in [0.2, 0.25) is 11.8 Å². The lowest BCUT2D eigenvalue weighted by Gasteiger charge is -2.25. The molecule has 2 rings (SSSR count). The number of carbonyl (C=O) groups excluding carboxylic acids is 2. The molecule has 0 spiro atoms. The number of nitrogens with zero attached hydrogens (tertiary/aromatic N) is 1. The van der Waals surface area contributed by atoms with E-state index in [1.54, 1.807) is 17.0 Å². The summed E-state index contributed by atoms with van der Waals surface area (Å²) in [5.41, 5.74) is 0.709. The van der Waals surface area contributed by atoms with Gasteiger partial charge in [0.1, 0.15) is 5.75 Å². The number of anilines is 1. The lowest BCUT2D eigenvalue weighted by Crippen LogP contribution is -2.40. The Morgan fingerprint density at radius 3 is 2.62 bits per heavy atom. The van der Waals surface area contributed by atoms with Gasteiger partial charge in [-0.1, -0.05) is 0 Å². The normalized spacial score (nSPS) is 15.2. The van der Waals surface area contributed by atoms with Crippen molar-refractivity contribution in [3.8, 4) is 5.75 Å². The number of piperidine rings is 1. The molecule has 5 nitrogen and oxygen atoms in total. The number of nitrogens with one attached hydrogen (secondary N) is 1. The Kier molecular flexibility index (Phi) is 5.20. The van der Waals surface area contributed by atoms with E-state index in [0.29, 0.717) is 18.7 Å². The van der Waals surface area contributed by atoms with Crippen molar-refractivity contribution >= 4 is 17.5 Å². The van der Waals surface area contributed by atoms with Crippen LogP contribution < -0.4 is 10.1 Å². The standard InChI is InChI=1S/C16H22N2O3/c1-12(2)21-14-8-6-13(7-9-14)17-15(19)11-18-10-4-3-5-16(18)20/h6-9,12H,3-5,10-11H2,1-2H3,(H,17,19). The minimum Gasteiger partial charge on any atom is -0.491 e. The molecular formula is C16H22N2O3. The van der Waals surface area contributed by atoms with Crippen molar-refractivity contribution in [2.45, 2.75) is 39.2 Å². The minimum absolute atomic E-state index is 0.0667. The van der Waals surface area contributed by atoms with Crippen molar-refractivity contribution in [3.63, 3.8) is 0 Å². The number of benzene rings is 1. The van der Waals surface area contributed by atoms with E-state index in [2.05, 4.69) is 5.32 Å². The van der Waals surface area contributed by atoms with Crippen molar-refractivity contribution < 1.29 is 14.3 Å². The van der Waals surface area contributed by atoms with Gasteiger partial charge in [-0.3, -0.25) is 9.59 Å². The molecule has 2 amide bonds. The van der Waals surface area contributed by atoms with Crippen LogP contribution in [-0.2, 0) is 9.59 Å². The van der Waals surface area contributed by atoms with Gasteiger partial charge in [-0.2, -0.15) is 0 Å². The molecule has 5 heteroatoms. The van der Waals surface area contributed by atoms with Gasteiger partial charge in [0.05, 0.1) is 12.6 Å². The van der Waals surface area contributed by atoms with Gasteiger partial charge >= 0.3 is 0 Å². The second-order valence-corrected chi connectivity index (χ2v) is 5.51. The van der Waals surface area contributed by atoms with E-state index >= 15 is 0 Å². The molecule has 1 aromatic rings. The monoisotopic (exact) mass is 290 g/mol. The highest BCUT2D eigenvalue weighted by molar-refractivity contribution is 5.94. The molecule has 0 saturated carbocycles. The van der Waals surface area contributed by atoms with Gasteiger partial charge in [0.15, 0.2) is 0 Å². The first-order valence-electron chi connectivity index (χ1n) is 7.39. The van der Waals surface area contributed by atoms with E-state index in [4.69, 9.17) is 4.74 Å². The number of hydrogen-bond acceptors (Lipinski definition) is 3. The van der Waals surface area contributed by atoms with Crippen LogP contribution >= 0.6 is 0 Å². The molecule has 1 heterocycles. The fraction of sp³-hybridized carbons (Fsp3) is 0.500. The SMILES string of the molecule is CC(C)Oc1ccc(NC(=O)CN2CCCCC2=O)cc1. The fourth-order valence-corrected chi connectivity index (χ4v) is 2.29. The highest BCUT2D eigenvalue weighted by atomic mass is 16.5. The van der Waals surface area contributed by atoms with Gasteiger partial charge in [-0.15, -0.1) is 0 Å². The molecule has 0 unspecified atom stereocenters. The predicted octanol–water partition coefficient (Wildman–Crippen LogP) is 2.42. The van der Waals surface area contributed by atoms with Crippen LogP contribution in [0.5, 0.6) is 5.75 Å². The zero-order chi connectivity index (χ0) is 15.2. The minimum atomic E-state index is -0.164. The molecule has 0 bridgehead atoms. The van der Waals surface area contributed by atoms with Crippen LogP contribution in [0.15, 0.2) is 24.3 Å². The van der Waals surface area contributed by atoms with Crippen molar-refractivity contribution in [1.29, 1.82) is 0 Å². The Balaban J connectivity index is 1.86. The van der Waals surface area contributed by atoms with Gasteiger partial charge in [0, 0.05) is 18.7 Å². The summed E-state index contributed by atoms with van der Waals surface area (Å²) in [6.07, 6.45) is 2.57. The van der Waals surface area contributed by atoms with E-state index < -0.39 is 0 Å². The van der Waals surface area contributed by atoms with E-state index in [-0.39, 0.29) is 24.5 Å². The van der Waals surface area contributed by atoms with Crippen LogP contribution in [0.25, 0.3) is 0 Å². The topological polar surface area (TPSA) is 58.6 Å². The molecule has 114 valence electrons. The maximum Gasteiger partial charge on any atom is 0.243 e. The first kappa shape index (κ1) is 15.4. The first-order chi connectivity index (χ1) is 10.0. The zero-order valence-corrected chi connectivity index (χ0v) is 12.6. The van der Waals surface area contributed by atoms with Gasteiger partial charge in [0.25, 0.3) is 0 Å². The third-order valence-corrected chi connectivity index (χ3v) is 3.27. The third kappa shape index (κ3) is 4.77. The Bertz CT molecular complexity index is 497. The predicted molar refractivity (Wildman–Crippen MR) is 81.3 cm³/mol. The lowest BCUT2D eigenvalue weighted by atomic mass is 10.1. The van der Waals surface area contributed by atoms with Crippen LogP contribution in [0.2, 0.25) is 0 Å². The molecule has 0 radical (unpaired) electrons. The average Bonchev–Trinajstić information content (AvgIpc) is 2.43. The molecular weight excluding hydrogens is 268 g/mol. The molecule has 1 aromatic carbocycles. The molecule has 1 aliphatic rings. The number of ether oxygens (including phenoxy) is 1. The van der Waals surface area contributed by atoms with E-state index in [0.717, 1.165) is 18.6 Å². The summed E-state index contributed by atoms with van der Waals surface area (Å²) >= 11 is 0. The number of hydrogen-bond donors (Lipinski definition) is 1. The number of carbonyl (C=O) groups is 2. The van der Waals surface area contributed by atoms with Crippen LogP contribution in [-0.4, -0.2) is 35.9 Å². The summed E-state index contributed by atoms with van der Waals surface area (Å²) in [4.78, 5) is 25.2. The Labute approximate surface area is 125 Å². The number of amides is 2. The molecule has 1 fully saturated rings. The average molecular weight is 290 g/mol. The molecule has 0 aliphatic carbocycles. The van der Waals surface area contributed by atoms with Crippen molar-refractivity contribution in [2.75, 3.05) is 18.4 Å².